The Bertz CT molecular complexity index is 215. The maximum absolute atomic E-state index is 11.3. The van der Waals surface area contributed by atoms with Crippen LogP contribution in [0.3, 0.4) is 0 Å². The van der Waals surface area contributed by atoms with Crippen LogP contribution in [0.1, 0.15) is 40.0 Å². The van der Waals surface area contributed by atoms with E-state index in [0.717, 1.165) is 25.0 Å². The number of carboxylic acids is 1. The molecule has 1 fully saturated rings. The molecule has 0 aromatic rings. The van der Waals surface area contributed by atoms with Crippen molar-refractivity contribution < 1.29 is 9.90 Å². The Morgan fingerprint density at radius 1 is 1.64 bits per heavy atom. The van der Waals surface area contributed by atoms with Crippen LogP contribution in [0.15, 0.2) is 0 Å². The minimum absolute atomic E-state index is 0.323. The average molecular weight is 216 g/mol. The second-order valence-electron chi connectivity index (χ2n) is 4.69. The summed E-state index contributed by atoms with van der Waals surface area (Å²) >= 11 is 1.66. The van der Waals surface area contributed by atoms with Gasteiger partial charge in [0.05, 0.1) is 0 Å². The molecule has 1 rings (SSSR count). The van der Waals surface area contributed by atoms with Crippen LogP contribution in [0, 0.1) is 11.8 Å². The van der Waals surface area contributed by atoms with E-state index in [1.807, 2.05) is 0 Å². The van der Waals surface area contributed by atoms with Crippen LogP contribution in [0.5, 0.6) is 0 Å². The Balaban J connectivity index is 2.67. The van der Waals surface area contributed by atoms with Gasteiger partial charge in [-0.15, -0.1) is 11.8 Å². The first-order chi connectivity index (χ1) is 6.49. The average Bonchev–Trinajstić information content (AvgIpc) is 2.44. The normalized spacial score (nSPS) is 32.4. The zero-order valence-electron chi connectivity index (χ0n) is 9.25. The molecule has 0 spiro atoms. The van der Waals surface area contributed by atoms with Crippen LogP contribution in [0.25, 0.3) is 0 Å². The van der Waals surface area contributed by atoms with E-state index in [0.29, 0.717) is 11.8 Å². The molecule has 2 atom stereocenters. The zero-order chi connectivity index (χ0) is 10.8. The Morgan fingerprint density at radius 2 is 2.29 bits per heavy atom. The molecule has 0 bridgehead atoms. The van der Waals surface area contributed by atoms with Gasteiger partial charge in [-0.25, -0.2) is 0 Å². The SMILES string of the molecule is CC(C)CSC1(C(=O)O)CCCC1C. The van der Waals surface area contributed by atoms with Crippen LogP contribution in [-0.2, 0) is 4.79 Å². The van der Waals surface area contributed by atoms with Gasteiger partial charge in [0.15, 0.2) is 0 Å². The lowest BCUT2D eigenvalue weighted by Crippen LogP contribution is -2.38. The van der Waals surface area contributed by atoms with Crippen molar-refractivity contribution in [3.05, 3.63) is 0 Å². The van der Waals surface area contributed by atoms with Crippen LogP contribution in [0.2, 0.25) is 0 Å². The molecule has 1 saturated carbocycles. The van der Waals surface area contributed by atoms with Crippen molar-refractivity contribution in [3.63, 3.8) is 0 Å². The van der Waals surface area contributed by atoms with E-state index in [9.17, 15) is 9.90 Å². The molecule has 0 amide bonds. The van der Waals surface area contributed by atoms with Crippen LogP contribution < -0.4 is 0 Å². The van der Waals surface area contributed by atoms with Gasteiger partial charge in [0.2, 0.25) is 0 Å². The zero-order valence-corrected chi connectivity index (χ0v) is 10.1. The number of carboxylic acid groups (broad SMARTS) is 1. The van der Waals surface area contributed by atoms with E-state index >= 15 is 0 Å². The maximum Gasteiger partial charge on any atom is 0.320 e. The summed E-state index contributed by atoms with van der Waals surface area (Å²) in [5.74, 6) is 1.25. The van der Waals surface area contributed by atoms with Crippen molar-refractivity contribution >= 4 is 17.7 Å². The highest BCUT2D eigenvalue weighted by molar-refractivity contribution is 8.01. The molecule has 1 aliphatic carbocycles. The Hall–Kier alpha value is -0.180. The number of rotatable bonds is 4. The van der Waals surface area contributed by atoms with Crippen molar-refractivity contribution in [3.8, 4) is 0 Å². The van der Waals surface area contributed by atoms with E-state index in [1.54, 1.807) is 11.8 Å². The topological polar surface area (TPSA) is 37.3 Å². The van der Waals surface area contributed by atoms with Crippen LogP contribution in [-0.4, -0.2) is 21.6 Å². The summed E-state index contributed by atoms with van der Waals surface area (Å²) in [6, 6.07) is 0. The first kappa shape index (κ1) is 11.9. The highest BCUT2D eigenvalue weighted by Crippen LogP contribution is 2.46. The summed E-state index contributed by atoms with van der Waals surface area (Å²) in [7, 11) is 0. The van der Waals surface area contributed by atoms with Gasteiger partial charge in [-0.2, -0.15) is 0 Å². The monoisotopic (exact) mass is 216 g/mol. The molecule has 0 saturated heterocycles. The number of hydrogen-bond acceptors (Lipinski definition) is 2. The fourth-order valence-electron chi connectivity index (χ4n) is 2.06. The number of carbonyl (C=O) groups is 1. The Morgan fingerprint density at radius 3 is 2.64 bits per heavy atom. The van der Waals surface area contributed by atoms with Crippen molar-refractivity contribution in [2.45, 2.75) is 44.8 Å². The second-order valence-corrected chi connectivity index (χ2v) is 6.04. The molecular formula is C11H20O2S. The van der Waals surface area contributed by atoms with Crippen LogP contribution in [0.4, 0.5) is 0 Å². The standard InChI is InChI=1S/C11H20O2S/c1-8(2)7-14-11(10(12)13)6-4-5-9(11)3/h8-9H,4-7H2,1-3H3,(H,12,13). The molecule has 2 nitrogen and oxygen atoms in total. The molecule has 0 radical (unpaired) electrons. The molecule has 1 aliphatic rings. The van der Waals surface area contributed by atoms with Crippen molar-refractivity contribution in [1.82, 2.24) is 0 Å². The second kappa shape index (κ2) is 4.56. The third-order valence-corrected chi connectivity index (χ3v) is 5.15. The fourth-order valence-corrected chi connectivity index (χ4v) is 3.50. The van der Waals surface area contributed by atoms with E-state index < -0.39 is 10.7 Å². The molecule has 2 unspecified atom stereocenters. The van der Waals surface area contributed by atoms with Gasteiger partial charge >= 0.3 is 5.97 Å². The Labute approximate surface area is 90.5 Å². The quantitative estimate of drug-likeness (QED) is 0.785. The molecule has 0 aromatic carbocycles. The molecule has 14 heavy (non-hydrogen) atoms. The smallest absolute Gasteiger partial charge is 0.320 e. The van der Waals surface area contributed by atoms with Crippen molar-refractivity contribution in [1.29, 1.82) is 0 Å². The number of aliphatic carboxylic acids is 1. The van der Waals surface area contributed by atoms with E-state index in [4.69, 9.17) is 0 Å². The highest BCUT2D eigenvalue weighted by Gasteiger charge is 2.47. The summed E-state index contributed by atoms with van der Waals surface area (Å²) in [4.78, 5) is 11.3. The van der Waals surface area contributed by atoms with Gasteiger partial charge in [0.1, 0.15) is 4.75 Å². The summed E-state index contributed by atoms with van der Waals surface area (Å²) in [6.07, 6.45) is 2.98. The third kappa shape index (κ3) is 2.25. The molecule has 0 aromatic heterocycles. The van der Waals surface area contributed by atoms with E-state index in [-0.39, 0.29) is 0 Å². The van der Waals surface area contributed by atoms with E-state index in [2.05, 4.69) is 20.8 Å². The third-order valence-electron chi connectivity index (χ3n) is 3.02. The van der Waals surface area contributed by atoms with Crippen molar-refractivity contribution in [2.75, 3.05) is 5.75 Å². The molecule has 82 valence electrons. The maximum atomic E-state index is 11.3. The molecule has 3 heteroatoms. The van der Waals surface area contributed by atoms with Gasteiger partial charge in [-0.3, -0.25) is 4.79 Å². The summed E-state index contributed by atoms with van der Waals surface area (Å²) in [5, 5.41) is 9.33. The summed E-state index contributed by atoms with van der Waals surface area (Å²) in [6.45, 7) is 6.36. The molecule has 1 N–H and O–H groups in total. The van der Waals surface area contributed by atoms with E-state index in [1.165, 1.54) is 0 Å². The fraction of sp³-hybridized carbons (Fsp3) is 0.909. The largest absolute Gasteiger partial charge is 0.480 e. The van der Waals surface area contributed by atoms with Gasteiger partial charge in [-0.05, 0) is 30.4 Å². The summed E-state index contributed by atoms with van der Waals surface area (Å²) in [5.41, 5.74) is 0. The first-order valence-electron chi connectivity index (χ1n) is 5.36. The molecular weight excluding hydrogens is 196 g/mol. The van der Waals surface area contributed by atoms with Gasteiger partial charge < -0.3 is 5.11 Å². The van der Waals surface area contributed by atoms with Gasteiger partial charge in [0.25, 0.3) is 0 Å². The number of hydrogen-bond donors (Lipinski definition) is 1. The molecule has 0 aliphatic heterocycles. The minimum atomic E-state index is -0.604. The lowest BCUT2D eigenvalue weighted by Gasteiger charge is -2.29. The summed E-state index contributed by atoms with van der Waals surface area (Å²) < 4.78 is -0.482. The molecule has 0 heterocycles. The highest BCUT2D eigenvalue weighted by atomic mass is 32.2. The van der Waals surface area contributed by atoms with Crippen LogP contribution >= 0.6 is 11.8 Å². The number of thioether (sulfide) groups is 1. The predicted octanol–water partition coefficient (Wildman–Crippen LogP) is 3.02. The van der Waals surface area contributed by atoms with Gasteiger partial charge in [-0.1, -0.05) is 27.2 Å². The lowest BCUT2D eigenvalue weighted by molar-refractivity contribution is -0.140. The minimum Gasteiger partial charge on any atom is -0.480 e. The van der Waals surface area contributed by atoms with Gasteiger partial charge in [0, 0.05) is 0 Å². The first-order valence-corrected chi connectivity index (χ1v) is 6.35. The lowest BCUT2D eigenvalue weighted by atomic mass is 9.97. The Kier molecular flexibility index (Phi) is 3.87. The predicted molar refractivity (Wildman–Crippen MR) is 60.7 cm³/mol. The van der Waals surface area contributed by atoms with Crippen molar-refractivity contribution in [2.24, 2.45) is 11.8 Å².